The van der Waals surface area contributed by atoms with Gasteiger partial charge in [0, 0.05) is 16.6 Å². The molecule has 2 aliphatic carbocycles. The summed E-state index contributed by atoms with van der Waals surface area (Å²) in [5, 5.41) is 4.84. The zero-order chi connectivity index (χ0) is 17.7. The summed E-state index contributed by atoms with van der Waals surface area (Å²) >= 11 is 3.72. The van der Waals surface area contributed by atoms with Gasteiger partial charge in [0.2, 0.25) is 5.88 Å². The third kappa shape index (κ3) is 2.63. The molecule has 0 amide bonds. The number of hydrogen-bond donors (Lipinski definition) is 0. The molecule has 0 atom stereocenters. The van der Waals surface area contributed by atoms with Gasteiger partial charge in [-0.25, -0.2) is 14.6 Å². The van der Waals surface area contributed by atoms with Gasteiger partial charge in [0.25, 0.3) is 0 Å². The summed E-state index contributed by atoms with van der Waals surface area (Å²) < 4.78 is 8.52. The lowest BCUT2D eigenvalue weighted by Crippen LogP contribution is -2.02. The fourth-order valence-corrected chi connectivity index (χ4v) is 4.36. The average molecular weight is 411 g/mol. The van der Waals surface area contributed by atoms with Crippen LogP contribution in [0, 0.1) is 0 Å². The lowest BCUT2D eigenvalue weighted by molar-refractivity contribution is 0.397. The highest BCUT2D eigenvalue weighted by atomic mass is 79.9. The first-order valence-electron chi connectivity index (χ1n) is 9.01. The van der Waals surface area contributed by atoms with Crippen molar-refractivity contribution in [2.45, 2.75) is 38.0 Å². The van der Waals surface area contributed by atoms with Crippen LogP contribution in [0.4, 0.5) is 0 Å². The Morgan fingerprint density at radius 1 is 1.15 bits per heavy atom. The van der Waals surface area contributed by atoms with E-state index in [4.69, 9.17) is 9.84 Å². The third-order valence-corrected chi connectivity index (χ3v) is 5.89. The van der Waals surface area contributed by atoms with Gasteiger partial charge in [0.05, 0.1) is 24.1 Å². The monoisotopic (exact) mass is 410 g/mol. The molecule has 0 N–H and O–H groups in total. The third-order valence-electron chi connectivity index (χ3n) is 5.25. The molecule has 1 aromatic carbocycles. The maximum absolute atomic E-state index is 5.51. The molecule has 0 spiro atoms. The second kappa shape index (κ2) is 6.20. The van der Waals surface area contributed by atoms with Crippen LogP contribution >= 0.6 is 15.9 Å². The Morgan fingerprint density at radius 3 is 2.73 bits per heavy atom. The van der Waals surface area contributed by atoms with E-state index in [-0.39, 0.29) is 0 Å². The molecular weight excluding hydrogens is 392 g/mol. The number of rotatable bonds is 4. The number of aromatic nitrogens is 4. The van der Waals surface area contributed by atoms with E-state index in [2.05, 4.69) is 38.0 Å². The van der Waals surface area contributed by atoms with Crippen molar-refractivity contribution in [3.8, 4) is 22.8 Å². The Morgan fingerprint density at radius 2 is 1.96 bits per heavy atom. The quantitative estimate of drug-likeness (QED) is 0.636. The number of halogens is 1. The first-order chi connectivity index (χ1) is 12.7. The topological polar surface area (TPSA) is 52.8 Å². The molecule has 0 saturated heterocycles. The number of benzene rings is 1. The summed E-state index contributed by atoms with van der Waals surface area (Å²) in [5.41, 5.74) is 6.78. The minimum absolute atomic E-state index is 0.499. The molecule has 0 radical (unpaired) electrons. The summed E-state index contributed by atoms with van der Waals surface area (Å²) in [6.45, 7) is 0. The summed E-state index contributed by atoms with van der Waals surface area (Å²) in [4.78, 5) is 8.82. The standard InChI is InChI=1S/C20H19BrN4O/c1-26-20-18(19(12-5-6-12)22-11-23-20)16-7-8-25(24-16)17-10-14-4-2-3-13(14)9-15(17)21/h7-12H,2-6H2,1H3. The van der Waals surface area contributed by atoms with E-state index in [9.17, 15) is 0 Å². The Balaban J connectivity index is 1.60. The van der Waals surface area contributed by atoms with Gasteiger partial charge in [-0.05, 0) is 77.4 Å². The van der Waals surface area contributed by atoms with Crippen molar-refractivity contribution in [2.75, 3.05) is 7.11 Å². The van der Waals surface area contributed by atoms with Crippen LogP contribution in [0.1, 0.15) is 42.0 Å². The van der Waals surface area contributed by atoms with Crippen LogP contribution in [0.3, 0.4) is 0 Å². The predicted molar refractivity (Wildman–Crippen MR) is 103 cm³/mol. The van der Waals surface area contributed by atoms with Crippen molar-refractivity contribution in [3.63, 3.8) is 0 Å². The Bertz CT molecular complexity index is 993. The van der Waals surface area contributed by atoms with Gasteiger partial charge in [-0.3, -0.25) is 0 Å². The summed E-state index contributed by atoms with van der Waals surface area (Å²) in [5.74, 6) is 1.10. The summed E-state index contributed by atoms with van der Waals surface area (Å²) in [6.07, 6.45) is 9.48. The molecule has 2 aliphatic rings. The highest BCUT2D eigenvalue weighted by molar-refractivity contribution is 9.10. The molecule has 1 fully saturated rings. The van der Waals surface area contributed by atoms with Crippen molar-refractivity contribution in [3.05, 3.63) is 52.0 Å². The normalized spacial score (nSPS) is 15.9. The Kier molecular flexibility index (Phi) is 3.81. The number of nitrogens with zero attached hydrogens (tertiary/aromatic N) is 4. The lowest BCUT2D eigenvalue weighted by atomic mass is 10.1. The van der Waals surface area contributed by atoms with Crippen molar-refractivity contribution in [1.82, 2.24) is 19.7 Å². The summed E-state index contributed by atoms with van der Waals surface area (Å²) in [6, 6.07) is 6.51. The number of ether oxygens (including phenoxy) is 1. The average Bonchev–Trinajstić information content (AvgIpc) is 3.21. The molecule has 0 aliphatic heterocycles. The lowest BCUT2D eigenvalue weighted by Gasteiger charge is -2.10. The van der Waals surface area contributed by atoms with Gasteiger partial charge in [0.15, 0.2) is 0 Å². The van der Waals surface area contributed by atoms with Crippen molar-refractivity contribution in [1.29, 1.82) is 0 Å². The molecule has 2 aromatic heterocycles. The van der Waals surface area contributed by atoms with Crippen LogP contribution in [-0.2, 0) is 12.8 Å². The Labute approximate surface area is 160 Å². The number of fused-ring (bicyclic) bond motifs is 1. The maximum atomic E-state index is 5.51. The van der Waals surface area contributed by atoms with E-state index in [1.54, 1.807) is 13.4 Å². The highest BCUT2D eigenvalue weighted by Crippen LogP contribution is 2.45. The van der Waals surface area contributed by atoms with Crippen molar-refractivity contribution in [2.24, 2.45) is 0 Å². The first kappa shape index (κ1) is 16.0. The van der Waals surface area contributed by atoms with E-state index in [0.717, 1.165) is 33.5 Å². The molecule has 0 bridgehead atoms. The maximum Gasteiger partial charge on any atom is 0.226 e. The van der Waals surface area contributed by atoms with Crippen LogP contribution in [0.2, 0.25) is 0 Å². The van der Waals surface area contributed by atoms with Gasteiger partial charge in [-0.15, -0.1) is 0 Å². The van der Waals surface area contributed by atoms with Gasteiger partial charge in [0.1, 0.15) is 12.0 Å². The van der Waals surface area contributed by atoms with Crippen LogP contribution in [-0.4, -0.2) is 26.9 Å². The molecule has 1 saturated carbocycles. The molecule has 6 heteroatoms. The fourth-order valence-electron chi connectivity index (χ4n) is 3.79. The molecule has 5 rings (SSSR count). The SMILES string of the molecule is COc1ncnc(C2CC2)c1-c1ccn(-c2cc3c(cc2Br)CCC3)n1. The smallest absolute Gasteiger partial charge is 0.226 e. The van der Waals surface area contributed by atoms with E-state index in [1.807, 2.05) is 16.9 Å². The van der Waals surface area contributed by atoms with Gasteiger partial charge >= 0.3 is 0 Å². The van der Waals surface area contributed by atoms with Crippen LogP contribution in [0.15, 0.2) is 35.2 Å². The van der Waals surface area contributed by atoms with Crippen LogP contribution in [0.5, 0.6) is 5.88 Å². The molecule has 26 heavy (non-hydrogen) atoms. The summed E-state index contributed by atoms with van der Waals surface area (Å²) in [7, 11) is 1.65. The van der Waals surface area contributed by atoms with E-state index in [0.29, 0.717) is 11.8 Å². The number of methoxy groups -OCH3 is 1. The van der Waals surface area contributed by atoms with Gasteiger partial charge in [-0.1, -0.05) is 0 Å². The van der Waals surface area contributed by atoms with Gasteiger partial charge < -0.3 is 4.74 Å². The fraction of sp³-hybridized carbons (Fsp3) is 0.350. The zero-order valence-electron chi connectivity index (χ0n) is 14.6. The zero-order valence-corrected chi connectivity index (χ0v) is 16.2. The number of hydrogen-bond acceptors (Lipinski definition) is 4. The largest absolute Gasteiger partial charge is 0.480 e. The molecule has 5 nitrogen and oxygen atoms in total. The first-order valence-corrected chi connectivity index (χ1v) is 9.80. The molecular formula is C20H19BrN4O. The highest BCUT2D eigenvalue weighted by Gasteiger charge is 2.31. The molecule has 3 aromatic rings. The number of aryl methyl sites for hydroxylation is 2. The van der Waals surface area contributed by atoms with E-state index in [1.165, 1.54) is 36.8 Å². The molecule has 0 unspecified atom stereocenters. The predicted octanol–water partition coefficient (Wildman–Crippen LogP) is 4.47. The molecule has 132 valence electrons. The Hall–Kier alpha value is -2.21. The minimum atomic E-state index is 0.499. The second-order valence-corrected chi connectivity index (χ2v) is 7.84. The van der Waals surface area contributed by atoms with Crippen LogP contribution in [0.25, 0.3) is 16.9 Å². The van der Waals surface area contributed by atoms with Crippen molar-refractivity contribution >= 4 is 15.9 Å². The van der Waals surface area contributed by atoms with E-state index >= 15 is 0 Å². The van der Waals surface area contributed by atoms with Crippen LogP contribution < -0.4 is 4.74 Å². The van der Waals surface area contributed by atoms with Gasteiger partial charge in [-0.2, -0.15) is 5.10 Å². The molecule has 2 heterocycles. The van der Waals surface area contributed by atoms with E-state index < -0.39 is 0 Å². The minimum Gasteiger partial charge on any atom is -0.480 e. The van der Waals surface area contributed by atoms with Crippen molar-refractivity contribution < 1.29 is 4.74 Å². The second-order valence-electron chi connectivity index (χ2n) is 6.99.